The van der Waals surface area contributed by atoms with E-state index in [4.69, 9.17) is 9.47 Å². The van der Waals surface area contributed by atoms with Gasteiger partial charge in [0.15, 0.2) is 0 Å². The molecule has 0 aliphatic rings. The van der Waals surface area contributed by atoms with Crippen LogP contribution in [0.2, 0.25) is 0 Å². The van der Waals surface area contributed by atoms with Gasteiger partial charge >= 0.3 is 6.16 Å². The van der Waals surface area contributed by atoms with Crippen LogP contribution in [0.1, 0.15) is 24.0 Å². The molecule has 2 aromatic rings. The lowest BCUT2D eigenvalue weighted by Crippen LogP contribution is -2.08. The summed E-state index contributed by atoms with van der Waals surface area (Å²) >= 11 is 0. The lowest BCUT2D eigenvalue weighted by molar-refractivity contribution is 0.0578. The van der Waals surface area contributed by atoms with E-state index in [9.17, 15) is 4.79 Å². The molecule has 0 unspecified atom stereocenters. The Kier molecular flexibility index (Phi) is 7.92. The van der Waals surface area contributed by atoms with Gasteiger partial charge in [0, 0.05) is 12.8 Å². The van der Waals surface area contributed by atoms with Crippen LogP contribution < -0.4 is 0 Å². The van der Waals surface area contributed by atoms with Crippen LogP contribution >= 0.6 is 0 Å². The van der Waals surface area contributed by atoms with Gasteiger partial charge in [-0.1, -0.05) is 85.0 Å². The Balaban J connectivity index is 1.52. The molecule has 0 spiro atoms. The van der Waals surface area contributed by atoms with E-state index in [0.717, 1.165) is 11.1 Å². The first-order valence-corrected chi connectivity index (χ1v) is 8.07. The van der Waals surface area contributed by atoms with E-state index < -0.39 is 6.16 Å². The Labute approximate surface area is 143 Å². The Morgan fingerprint density at radius 2 is 1.12 bits per heavy atom. The lowest BCUT2D eigenvalue weighted by atomic mass is 10.2. The van der Waals surface area contributed by atoms with Crippen LogP contribution in [0, 0.1) is 0 Å². The first-order valence-electron chi connectivity index (χ1n) is 8.07. The highest BCUT2D eigenvalue weighted by molar-refractivity contribution is 5.59. The van der Waals surface area contributed by atoms with E-state index in [1.54, 1.807) is 0 Å². The molecule has 0 saturated carbocycles. The molecule has 0 N–H and O–H groups in total. The van der Waals surface area contributed by atoms with Crippen molar-refractivity contribution in [1.82, 2.24) is 0 Å². The van der Waals surface area contributed by atoms with Crippen molar-refractivity contribution in [2.45, 2.75) is 12.8 Å². The maximum absolute atomic E-state index is 11.4. The molecule has 0 atom stereocenters. The van der Waals surface area contributed by atoms with Gasteiger partial charge in [0.1, 0.15) is 0 Å². The van der Waals surface area contributed by atoms with Crippen molar-refractivity contribution < 1.29 is 14.3 Å². The second-order valence-corrected chi connectivity index (χ2v) is 5.15. The van der Waals surface area contributed by atoms with Gasteiger partial charge in [0.05, 0.1) is 13.2 Å². The predicted octanol–water partition coefficient (Wildman–Crippen LogP) is 5.35. The SMILES string of the molecule is O=C(OCCC=Cc1ccccc1)OCCC=Cc1ccccc1. The highest BCUT2D eigenvalue weighted by atomic mass is 16.7. The third-order valence-electron chi connectivity index (χ3n) is 3.23. The van der Waals surface area contributed by atoms with Gasteiger partial charge in [-0.05, 0) is 11.1 Å². The van der Waals surface area contributed by atoms with Crippen LogP contribution in [0.15, 0.2) is 72.8 Å². The fraction of sp³-hybridized carbons (Fsp3) is 0.190. The molecule has 0 radical (unpaired) electrons. The molecule has 3 nitrogen and oxygen atoms in total. The summed E-state index contributed by atoms with van der Waals surface area (Å²) in [5.74, 6) is 0. The maximum Gasteiger partial charge on any atom is 0.508 e. The fourth-order valence-corrected chi connectivity index (χ4v) is 2.03. The molecule has 0 aromatic heterocycles. The van der Waals surface area contributed by atoms with Crippen LogP contribution in [-0.2, 0) is 9.47 Å². The van der Waals surface area contributed by atoms with Crippen molar-refractivity contribution in [2.75, 3.05) is 13.2 Å². The number of ether oxygens (including phenoxy) is 2. The van der Waals surface area contributed by atoms with E-state index in [0.29, 0.717) is 26.1 Å². The largest absolute Gasteiger partial charge is 0.508 e. The molecule has 2 aromatic carbocycles. The third kappa shape index (κ3) is 7.45. The van der Waals surface area contributed by atoms with Crippen LogP contribution in [-0.4, -0.2) is 19.4 Å². The first-order chi connectivity index (χ1) is 11.8. The average Bonchev–Trinajstić information content (AvgIpc) is 2.63. The van der Waals surface area contributed by atoms with Crippen LogP contribution in [0.3, 0.4) is 0 Å². The smallest absolute Gasteiger partial charge is 0.434 e. The van der Waals surface area contributed by atoms with Crippen molar-refractivity contribution in [3.63, 3.8) is 0 Å². The quantitative estimate of drug-likeness (QED) is 0.485. The molecule has 2 rings (SSSR count). The minimum absolute atomic E-state index is 0.321. The van der Waals surface area contributed by atoms with Crippen molar-refractivity contribution in [2.24, 2.45) is 0 Å². The standard InChI is InChI=1S/C21H22O3/c22-21(23-17-9-7-15-19-11-3-1-4-12-19)24-18-10-8-16-20-13-5-2-6-14-20/h1-8,11-16H,9-10,17-18H2. The molecular weight excluding hydrogens is 300 g/mol. The Hall–Kier alpha value is -2.81. The summed E-state index contributed by atoms with van der Waals surface area (Å²) in [6.07, 6.45) is 8.68. The van der Waals surface area contributed by atoms with Crippen molar-refractivity contribution >= 4 is 18.3 Å². The second kappa shape index (κ2) is 10.8. The summed E-state index contributed by atoms with van der Waals surface area (Å²) in [6.45, 7) is 0.643. The van der Waals surface area contributed by atoms with E-state index >= 15 is 0 Å². The van der Waals surface area contributed by atoms with Gasteiger partial charge < -0.3 is 9.47 Å². The summed E-state index contributed by atoms with van der Waals surface area (Å²) in [4.78, 5) is 11.4. The Morgan fingerprint density at radius 1 is 0.708 bits per heavy atom. The second-order valence-electron chi connectivity index (χ2n) is 5.15. The van der Waals surface area contributed by atoms with Crippen LogP contribution in [0.5, 0.6) is 0 Å². The number of carbonyl (C=O) groups excluding carboxylic acids is 1. The van der Waals surface area contributed by atoms with E-state index in [1.807, 2.05) is 85.0 Å². The monoisotopic (exact) mass is 322 g/mol. The predicted molar refractivity (Wildman–Crippen MR) is 97.5 cm³/mol. The van der Waals surface area contributed by atoms with Crippen LogP contribution in [0.25, 0.3) is 12.2 Å². The number of hydrogen-bond acceptors (Lipinski definition) is 3. The van der Waals surface area contributed by atoms with Crippen molar-refractivity contribution in [3.05, 3.63) is 83.9 Å². The molecule has 24 heavy (non-hydrogen) atoms. The Bertz CT molecular complexity index is 588. The zero-order valence-electron chi connectivity index (χ0n) is 13.6. The summed E-state index contributed by atoms with van der Waals surface area (Å²) < 4.78 is 10.0. The highest BCUT2D eigenvalue weighted by Gasteiger charge is 2.01. The summed E-state index contributed by atoms with van der Waals surface area (Å²) in [7, 11) is 0. The van der Waals surface area contributed by atoms with Gasteiger partial charge in [-0.3, -0.25) is 0 Å². The lowest BCUT2D eigenvalue weighted by Gasteiger charge is -2.03. The molecule has 3 heteroatoms. The number of carbonyl (C=O) groups is 1. The summed E-state index contributed by atoms with van der Waals surface area (Å²) in [6, 6.07) is 20.0. The summed E-state index contributed by atoms with van der Waals surface area (Å²) in [5, 5.41) is 0. The van der Waals surface area contributed by atoms with Gasteiger partial charge in [-0.2, -0.15) is 0 Å². The highest BCUT2D eigenvalue weighted by Crippen LogP contribution is 2.03. The number of rotatable bonds is 8. The van der Waals surface area contributed by atoms with Crippen LogP contribution in [0.4, 0.5) is 4.79 Å². The van der Waals surface area contributed by atoms with Gasteiger partial charge in [0.25, 0.3) is 0 Å². The minimum Gasteiger partial charge on any atom is -0.434 e. The molecule has 124 valence electrons. The molecule has 0 heterocycles. The first kappa shape index (κ1) is 17.5. The topological polar surface area (TPSA) is 35.5 Å². The van der Waals surface area contributed by atoms with Crippen molar-refractivity contribution in [3.8, 4) is 0 Å². The number of hydrogen-bond donors (Lipinski definition) is 0. The van der Waals surface area contributed by atoms with E-state index in [2.05, 4.69) is 0 Å². The zero-order valence-corrected chi connectivity index (χ0v) is 13.6. The van der Waals surface area contributed by atoms with Gasteiger partial charge in [0.2, 0.25) is 0 Å². The third-order valence-corrected chi connectivity index (χ3v) is 3.23. The molecule has 0 amide bonds. The van der Waals surface area contributed by atoms with Gasteiger partial charge in [-0.25, -0.2) is 4.79 Å². The number of benzene rings is 2. The van der Waals surface area contributed by atoms with E-state index in [-0.39, 0.29) is 0 Å². The molecular formula is C21H22O3. The fourth-order valence-electron chi connectivity index (χ4n) is 2.03. The molecule has 0 bridgehead atoms. The average molecular weight is 322 g/mol. The Morgan fingerprint density at radius 3 is 1.54 bits per heavy atom. The van der Waals surface area contributed by atoms with Gasteiger partial charge in [-0.15, -0.1) is 0 Å². The van der Waals surface area contributed by atoms with E-state index in [1.165, 1.54) is 0 Å². The maximum atomic E-state index is 11.4. The molecule has 0 aliphatic carbocycles. The summed E-state index contributed by atoms with van der Waals surface area (Å²) in [5.41, 5.74) is 2.26. The normalized spacial score (nSPS) is 11.0. The molecule has 0 saturated heterocycles. The zero-order chi connectivity index (χ0) is 16.9. The molecule has 0 fully saturated rings. The van der Waals surface area contributed by atoms with Crippen molar-refractivity contribution in [1.29, 1.82) is 0 Å². The molecule has 0 aliphatic heterocycles. The minimum atomic E-state index is -0.615.